The number of carbonyl (C=O) groups excluding carboxylic acids is 2. The second kappa shape index (κ2) is 9.19. The van der Waals surface area contributed by atoms with Gasteiger partial charge in [0, 0.05) is 35.9 Å². The molecule has 0 bridgehead atoms. The van der Waals surface area contributed by atoms with Gasteiger partial charge in [-0.25, -0.2) is 4.98 Å². The lowest BCUT2D eigenvalue weighted by Gasteiger charge is -2.20. The van der Waals surface area contributed by atoms with Crippen molar-refractivity contribution >= 4 is 11.7 Å². The van der Waals surface area contributed by atoms with Crippen LogP contribution in [0, 0.1) is 0 Å². The molecule has 0 saturated carbocycles. The van der Waals surface area contributed by atoms with Crippen molar-refractivity contribution in [3.63, 3.8) is 0 Å². The number of benzene rings is 3. The summed E-state index contributed by atoms with van der Waals surface area (Å²) in [6, 6.07) is 24.4. The normalized spacial score (nSPS) is 12.5. The molecule has 0 fully saturated rings. The predicted molar refractivity (Wildman–Crippen MR) is 128 cm³/mol. The third-order valence-electron chi connectivity index (χ3n) is 5.71. The van der Waals surface area contributed by atoms with Crippen LogP contribution in [-0.4, -0.2) is 23.3 Å². The molecule has 0 spiro atoms. The maximum absolute atomic E-state index is 12.5. The minimum atomic E-state index is -0.448. The first kappa shape index (κ1) is 21.4. The molecule has 0 radical (unpaired) electrons. The average Bonchev–Trinajstić information content (AvgIpc) is 2.85. The van der Waals surface area contributed by atoms with Gasteiger partial charge in [-0.3, -0.25) is 9.59 Å². The topological polar surface area (TPSA) is 91.5 Å². The van der Waals surface area contributed by atoms with Crippen molar-refractivity contribution in [1.82, 2.24) is 4.98 Å². The van der Waals surface area contributed by atoms with E-state index in [-0.39, 0.29) is 5.78 Å². The summed E-state index contributed by atoms with van der Waals surface area (Å²) in [7, 11) is 0. The van der Waals surface area contributed by atoms with Crippen molar-refractivity contribution in [3.8, 4) is 28.5 Å². The first-order chi connectivity index (χ1) is 16.6. The summed E-state index contributed by atoms with van der Waals surface area (Å²) in [5.74, 6) is 1.14. The fraction of sp³-hybridized carbons (Fsp3) is 0.107. The monoisotopic (exact) mass is 450 g/mol. The number of Topliss-reactive ketones (excluding diaryl/α,β-unsaturated/α-hetero) is 1. The summed E-state index contributed by atoms with van der Waals surface area (Å²) >= 11 is 0. The third-order valence-corrected chi connectivity index (χ3v) is 5.71. The molecule has 0 saturated heterocycles. The maximum Gasteiger partial charge on any atom is 0.248 e. The Balaban J connectivity index is 1.46. The van der Waals surface area contributed by atoms with Crippen molar-refractivity contribution in [2.24, 2.45) is 5.73 Å². The highest BCUT2D eigenvalue weighted by Crippen LogP contribution is 2.40. The maximum atomic E-state index is 12.5. The van der Waals surface area contributed by atoms with Crippen molar-refractivity contribution in [2.75, 3.05) is 6.61 Å². The molecule has 5 rings (SSSR count). The minimum absolute atomic E-state index is 0.0625. The molecular formula is C28H22N2O4. The van der Waals surface area contributed by atoms with Crippen LogP contribution in [0.4, 0.5) is 0 Å². The van der Waals surface area contributed by atoms with E-state index in [9.17, 15) is 9.59 Å². The van der Waals surface area contributed by atoms with Crippen molar-refractivity contribution < 1.29 is 19.1 Å². The third kappa shape index (κ3) is 4.52. The Labute approximate surface area is 197 Å². The van der Waals surface area contributed by atoms with Gasteiger partial charge in [0.25, 0.3) is 0 Å². The zero-order valence-electron chi connectivity index (χ0n) is 18.4. The molecule has 4 aromatic rings. The Morgan fingerprint density at radius 1 is 0.941 bits per heavy atom. The standard InChI is InChI=1S/C28H22N2O4/c29-28(32)21-8-6-18(7-9-21)14-19-10-12-30-27(15-19)34-26-17-25-23(24(31)11-13-33-25)16-22(26)20-4-2-1-3-5-20/h1-10,12,15-17H,11,13-14H2,(H2,29,32). The first-order valence-electron chi connectivity index (χ1n) is 11.0. The van der Waals surface area contributed by atoms with Crippen LogP contribution in [0.3, 0.4) is 0 Å². The molecule has 3 aromatic carbocycles. The smallest absolute Gasteiger partial charge is 0.248 e. The number of nitrogens with two attached hydrogens (primary N) is 1. The van der Waals surface area contributed by atoms with E-state index in [0.717, 1.165) is 22.3 Å². The van der Waals surface area contributed by atoms with Crippen LogP contribution in [0.2, 0.25) is 0 Å². The number of fused-ring (bicyclic) bond motifs is 1. The number of hydrogen-bond acceptors (Lipinski definition) is 5. The highest BCUT2D eigenvalue weighted by molar-refractivity contribution is 6.01. The van der Waals surface area contributed by atoms with Crippen LogP contribution in [-0.2, 0) is 6.42 Å². The molecule has 6 nitrogen and oxygen atoms in total. The van der Waals surface area contributed by atoms with E-state index < -0.39 is 5.91 Å². The predicted octanol–water partition coefficient (Wildman–Crippen LogP) is 5.20. The van der Waals surface area contributed by atoms with Crippen LogP contribution in [0.15, 0.2) is 85.1 Å². The highest BCUT2D eigenvalue weighted by Gasteiger charge is 2.22. The zero-order valence-corrected chi connectivity index (χ0v) is 18.4. The van der Waals surface area contributed by atoms with Crippen LogP contribution < -0.4 is 15.2 Å². The van der Waals surface area contributed by atoms with E-state index in [1.165, 1.54) is 0 Å². The quantitative estimate of drug-likeness (QED) is 0.436. The summed E-state index contributed by atoms with van der Waals surface area (Å²) in [5, 5.41) is 0. The molecule has 2 heterocycles. The number of ether oxygens (including phenoxy) is 2. The van der Waals surface area contributed by atoms with Gasteiger partial charge in [0.15, 0.2) is 5.78 Å². The van der Waals surface area contributed by atoms with E-state index in [2.05, 4.69) is 4.98 Å². The number of carbonyl (C=O) groups is 2. The lowest BCUT2D eigenvalue weighted by Crippen LogP contribution is -2.15. The van der Waals surface area contributed by atoms with Gasteiger partial charge in [-0.1, -0.05) is 42.5 Å². The lowest BCUT2D eigenvalue weighted by molar-refractivity contribution is 0.0932. The number of aromatic nitrogens is 1. The molecule has 1 aromatic heterocycles. The first-order valence-corrected chi connectivity index (χ1v) is 11.0. The van der Waals surface area contributed by atoms with Gasteiger partial charge in [-0.15, -0.1) is 0 Å². The zero-order chi connectivity index (χ0) is 23.5. The summed E-state index contributed by atoms with van der Waals surface area (Å²) in [5.41, 5.74) is 10.1. The molecular weight excluding hydrogens is 428 g/mol. The van der Waals surface area contributed by atoms with Crippen LogP contribution in [0.1, 0.15) is 38.3 Å². The van der Waals surface area contributed by atoms with Gasteiger partial charge in [-0.05, 0) is 47.4 Å². The van der Waals surface area contributed by atoms with Gasteiger partial charge < -0.3 is 15.2 Å². The molecule has 1 amide bonds. The van der Waals surface area contributed by atoms with Gasteiger partial charge in [0.05, 0.1) is 12.2 Å². The van der Waals surface area contributed by atoms with Gasteiger partial charge in [0.1, 0.15) is 11.5 Å². The van der Waals surface area contributed by atoms with Crippen molar-refractivity contribution in [2.45, 2.75) is 12.8 Å². The molecule has 6 heteroatoms. The number of hydrogen-bond donors (Lipinski definition) is 1. The van der Waals surface area contributed by atoms with Crippen LogP contribution >= 0.6 is 0 Å². The number of pyridine rings is 1. The fourth-order valence-corrected chi connectivity index (χ4v) is 3.97. The van der Waals surface area contributed by atoms with E-state index in [0.29, 0.717) is 48.0 Å². The number of ketones is 1. The molecule has 2 N–H and O–H groups in total. The summed E-state index contributed by atoms with van der Waals surface area (Å²) in [6.45, 7) is 0.359. The number of nitrogens with zero attached hydrogens (tertiary/aromatic N) is 1. The summed E-state index contributed by atoms with van der Waals surface area (Å²) < 4.78 is 12.0. The number of amides is 1. The lowest BCUT2D eigenvalue weighted by atomic mass is 9.97. The SMILES string of the molecule is NC(=O)c1ccc(Cc2ccnc(Oc3cc4c(cc3-c3ccccc3)C(=O)CCO4)c2)cc1. The van der Waals surface area contributed by atoms with Gasteiger partial charge in [-0.2, -0.15) is 0 Å². The summed E-state index contributed by atoms with van der Waals surface area (Å²) in [6.07, 6.45) is 2.71. The van der Waals surface area contributed by atoms with E-state index in [1.807, 2.05) is 60.7 Å². The number of rotatable bonds is 6. The minimum Gasteiger partial charge on any atom is -0.492 e. The Morgan fingerprint density at radius 2 is 1.74 bits per heavy atom. The Bertz CT molecular complexity index is 1370. The van der Waals surface area contributed by atoms with E-state index in [4.69, 9.17) is 15.2 Å². The Morgan fingerprint density at radius 3 is 2.50 bits per heavy atom. The second-order valence-electron chi connectivity index (χ2n) is 8.07. The molecule has 1 aliphatic heterocycles. The van der Waals surface area contributed by atoms with Crippen molar-refractivity contribution in [3.05, 3.63) is 107 Å². The van der Waals surface area contributed by atoms with Gasteiger partial charge in [0.2, 0.25) is 11.8 Å². The van der Waals surface area contributed by atoms with Crippen LogP contribution in [0.5, 0.6) is 17.4 Å². The van der Waals surface area contributed by atoms with E-state index in [1.54, 1.807) is 24.4 Å². The van der Waals surface area contributed by atoms with Crippen molar-refractivity contribution in [1.29, 1.82) is 0 Å². The Hall–Kier alpha value is -4.45. The molecule has 168 valence electrons. The van der Waals surface area contributed by atoms with Gasteiger partial charge >= 0.3 is 0 Å². The molecule has 1 aliphatic rings. The number of primary amides is 1. The molecule has 0 unspecified atom stereocenters. The fourth-order valence-electron chi connectivity index (χ4n) is 3.97. The molecule has 0 atom stereocenters. The average molecular weight is 450 g/mol. The highest BCUT2D eigenvalue weighted by atomic mass is 16.5. The Kier molecular flexibility index (Phi) is 5.79. The van der Waals surface area contributed by atoms with E-state index >= 15 is 0 Å². The molecule has 0 aliphatic carbocycles. The largest absolute Gasteiger partial charge is 0.492 e. The summed E-state index contributed by atoms with van der Waals surface area (Å²) in [4.78, 5) is 28.1. The second-order valence-corrected chi connectivity index (χ2v) is 8.07. The van der Waals surface area contributed by atoms with Crippen LogP contribution in [0.25, 0.3) is 11.1 Å². The molecule has 34 heavy (non-hydrogen) atoms.